The van der Waals surface area contributed by atoms with Gasteiger partial charge in [0.1, 0.15) is 0 Å². The third-order valence-electron chi connectivity index (χ3n) is 2.34. The van der Waals surface area contributed by atoms with Crippen molar-refractivity contribution in [3.63, 3.8) is 0 Å². The maximum absolute atomic E-state index is 12.0. The van der Waals surface area contributed by atoms with Crippen LogP contribution < -0.4 is 10.3 Å². The zero-order chi connectivity index (χ0) is 13.3. The van der Waals surface area contributed by atoms with Crippen LogP contribution >= 0.6 is 0 Å². The Balaban J connectivity index is 2.56. The summed E-state index contributed by atoms with van der Waals surface area (Å²) in [5, 5.41) is 0. The minimum Gasteiger partial charge on any atom is -0.391 e. The second-order valence-electron chi connectivity index (χ2n) is 3.90. The lowest BCUT2D eigenvalue weighted by Gasteiger charge is -2.11. The SMILES string of the molecule is Cc1c(OC(=O)N(C)C)nc2ncccn2c1=O. The first-order valence-electron chi connectivity index (χ1n) is 5.24. The molecular formula is C11H12N4O3. The molecule has 7 heteroatoms. The lowest BCUT2D eigenvalue weighted by Crippen LogP contribution is -2.28. The van der Waals surface area contributed by atoms with Crippen molar-refractivity contribution in [1.82, 2.24) is 19.3 Å². The second-order valence-corrected chi connectivity index (χ2v) is 3.90. The lowest BCUT2D eigenvalue weighted by molar-refractivity contribution is 0.169. The molecule has 1 amide bonds. The maximum Gasteiger partial charge on any atom is 0.416 e. The van der Waals surface area contributed by atoms with E-state index in [0.717, 1.165) is 0 Å². The van der Waals surface area contributed by atoms with E-state index in [1.54, 1.807) is 33.3 Å². The first-order valence-corrected chi connectivity index (χ1v) is 5.24. The molecule has 0 radical (unpaired) electrons. The molecule has 2 aromatic rings. The molecule has 0 bridgehead atoms. The van der Waals surface area contributed by atoms with Gasteiger partial charge in [-0.1, -0.05) is 0 Å². The summed E-state index contributed by atoms with van der Waals surface area (Å²) in [6.45, 7) is 1.55. The molecule has 0 aliphatic rings. The van der Waals surface area contributed by atoms with Crippen molar-refractivity contribution in [2.24, 2.45) is 0 Å². The number of rotatable bonds is 1. The third kappa shape index (κ3) is 2.02. The highest BCUT2D eigenvalue weighted by molar-refractivity contribution is 5.69. The van der Waals surface area contributed by atoms with Gasteiger partial charge in [-0.05, 0) is 13.0 Å². The molecule has 0 aliphatic carbocycles. The van der Waals surface area contributed by atoms with Gasteiger partial charge in [-0.3, -0.25) is 9.20 Å². The van der Waals surface area contributed by atoms with Crippen LogP contribution in [0.25, 0.3) is 5.78 Å². The Labute approximate surface area is 103 Å². The van der Waals surface area contributed by atoms with Crippen LogP contribution in [0, 0.1) is 6.92 Å². The van der Waals surface area contributed by atoms with Crippen molar-refractivity contribution >= 4 is 11.9 Å². The molecule has 0 N–H and O–H groups in total. The van der Waals surface area contributed by atoms with Crippen molar-refractivity contribution in [2.75, 3.05) is 14.1 Å². The highest BCUT2D eigenvalue weighted by Gasteiger charge is 2.15. The average molecular weight is 248 g/mol. The summed E-state index contributed by atoms with van der Waals surface area (Å²) in [5.74, 6) is 0.173. The fourth-order valence-electron chi connectivity index (χ4n) is 1.32. The molecule has 7 nitrogen and oxygen atoms in total. The molecule has 2 aromatic heterocycles. The van der Waals surface area contributed by atoms with E-state index in [4.69, 9.17) is 4.74 Å². The lowest BCUT2D eigenvalue weighted by atomic mass is 10.3. The van der Waals surface area contributed by atoms with Gasteiger partial charge >= 0.3 is 6.09 Å². The first-order chi connectivity index (χ1) is 8.50. The van der Waals surface area contributed by atoms with E-state index in [-0.39, 0.29) is 22.8 Å². The average Bonchev–Trinajstić information content (AvgIpc) is 2.35. The Morgan fingerprint density at radius 1 is 1.44 bits per heavy atom. The second kappa shape index (κ2) is 4.44. The molecule has 0 saturated heterocycles. The van der Waals surface area contributed by atoms with Gasteiger partial charge in [-0.25, -0.2) is 9.78 Å². The number of hydrogen-bond acceptors (Lipinski definition) is 5. The Hall–Kier alpha value is -2.44. The maximum atomic E-state index is 12.0. The van der Waals surface area contributed by atoms with Crippen molar-refractivity contribution in [1.29, 1.82) is 0 Å². The number of ether oxygens (including phenoxy) is 1. The monoisotopic (exact) mass is 248 g/mol. The number of fused-ring (bicyclic) bond motifs is 1. The van der Waals surface area contributed by atoms with E-state index >= 15 is 0 Å². The fraction of sp³-hybridized carbons (Fsp3) is 0.273. The molecule has 0 aliphatic heterocycles. The predicted octanol–water partition coefficient (Wildman–Crippen LogP) is 0.458. The standard InChI is InChI=1S/C11H12N4O3/c1-7-8(18-11(17)14(2)3)13-10-12-5-4-6-15(10)9(7)16/h4-6H,1-3H3. The first kappa shape index (κ1) is 12.0. The summed E-state index contributed by atoms with van der Waals surface area (Å²) in [4.78, 5) is 32.7. The number of aromatic nitrogens is 3. The zero-order valence-electron chi connectivity index (χ0n) is 10.2. The number of carbonyl (C=O) groups is 1. The van der Waals surface area contributed by atoms with E-state index in [9.17, 15) is 9.59 Å². The van der Waals surface area contributed by atoms with Crippen LogP contribution in [0.1, 0.15) is 5.56 Å². The van der Waals surface area contributed by atoms with Crippen LogP contribution in [0.3, 0.4) is 0 Å². The summed E-state index contributed by atoms with van der Waals surface area (Å²) < 4.78 is 6.31. The molecule has 2 heterocycles. The Morgan fingerprint density at radius 3 is 2.83 bits per heavy atom. The smallest absolute Gasteiger partial charge is 0.391 e. The zero-order valence-corrected chi connectivity index (χ0v) is 10.2. The number of hydrogen-bond donors (Lipinski definition) is 0. The van der Waals surface area contributed by atoms with Crippen LogP contribution in [-0.4, -0.2) is 39.5 Å². The van der Waals surface area contributed by atoms with E-state index in [1.165, 1.54) is 15.5 Å². The van der Waals surface area contributed by atoms with Crippen LogP contribution in [0.2, 0.25) is 0 Å². The number of nitrogens with zero attached hydrogens (tertiary/aromatic N) is 4. The largest absolute Gasteiger partial charge is 0.416 e. The van der Waals surface area contributed by atoms with Gasteiger partial charge in [0, 0.05) is 26.5 Å². The van der Waals surface area contributed by atoms with Gasteiger partial charge < -0.3 is 9.64 Å². The van der Waals surface area contributed by atoms with E-state index in [2.05, 4.69) is 9.97 Å². The third-order valence-corrected chi connectivity index (χ3v) is 2.34. The molecule has 0 fully saturated rings. The normalized spacial score (nSPS) is 10.4. The summed E-state index contributed by atoms with van der Waals surface area (Å²) >= 11 is 0. The molecule has 0 aromatic carbocycles. The Morgan fingerprint density at radius 2 is 2.17 bits per heavy atom. The van der Waals surface area contributed by atoms with Crippen LogP contribution in [0.5, 0.6) is 5.88 Å². The van der Waals surface area contributed by atoms with E-state index in [0.29, 0.717) is 0 Å². The van der Waals surface area contributed by atoms with Crippen LogP contribution in [0.4, 0.5) is 4.79 Å². The van der Waals surface area contributed by atoms with Gasteiger partial charge in [0.25, 0.3) is 5.56 Å². The van der Waals surface area contributed by atoms with Crippen LogP contribution in [0.15, 0.2) is 23.3 Å². The molecule has 18 heavy (non-hydrogen) atoms. The minimum absolute atomic E-state index is 0.0163. The van der Waals surface area contributed by atoms with E-state index < -0.39 is 6.09 Å². The Bertz CT molecular complexity index is 663. The highest BCUT2D eigenvalue weighted by Crippen LogP contribution is 2.11. The van der Waals surface area contributed by atoms with Crippen LogP contribution in [-0.2, 0) is 0 Å². The van der Waals surface area contributed by atoms with Crippen molar-refractivity contribution in [3.05, 3.63) is 34.4 Å². The molecular weight excluding hydrogens is 236 g/mol. The minimum atomic E-state index is -0.592. The summed E-state index contributed by atoms with van der Waals surface area (Å²) in [6.07, 6.45) is 2.47. The van der Waals surface area contributed by atoms with Gasteiger partial charge in [0.05, 0.1) is 5.56 Å². The summed E-state index contributed by atoms with van der Waals surface area (Å²) in [7, 11) is 3.09. The van der Waals surface area contributed by atoms with Crippen molar-refractivity contribution < 1.29 is 9.53 Å². The quantitative estimate of drug-likeness (QED) is 0.732. The highest BCUT2D eigenvalue weighted by atomic mass is 16.6. The molecule has 94 valence electrons. The van der Waals surface area contributed by atoms with Gasteiger partial charge in [0.2, 0.25) is 11.7 Å². The number of carbonyl (C=O) groups excluding carboxylic acids is 1. The van der Waals surface area contributed by atoms with Gasteiger partial charge in [0.15, 0.2) is 0 Å². The number of amides is 1. The summed E-state index contributed by atoms with van der Waals surface area (Å²) in [5.41, 5.74) is -0.0506. The van der Waals surface area contributed by atoms with E-state index in [1.807, 2.05) is 0 Å². The Kier molecular flexibility index (Phi) is 2.97. The molecule has 0 spiro atoms. The van der Waals surface area contributed by atoms with Crippen molar-refractivity contribution in [3.8, 4) is 5.88 Å². The summed E-state index contributed by atoms with van der Waals surface area (Å²) in [6, 6.07) is 1.63. The topological polar surface area (TPSA) is 76.8 Å². The molecule has 0 saturated carbocycles. The molecule has 0 unspecified atom stereocenters. The predicted molar refractivity (Wildman–Crippen MR) is 63.7 cm³/mol. The van der Waals surface area contributed by atoms with Crippen molar-refractivity contribution in [2.45, 2.75) is 6.92 Å². The van der Waals surface area contributed by atoms with Gasteiger partial charge in [-0.15, -0.1) is 0 Å². The molecule has 2 rings (SSSR count). The fourth-order valence-corrected chi connectivity index (χ4v) is 1.32. The molecule has 0 atom stereocenters. The van der Waals surface area contributed by atoms with Gasteiger partial charge in [-0.2, -0.15) is 4.98 Å².